The number of carbonyl (C=O) groups excluding carboxylic acids is 1. The first-order chi connectivity index (χ1) is 11.1. The Morgan fingerprint density at radius 2 is 1.13 bits per heavy atom. The van der Waals surface area contributed by atoms with Gasteiger partial charge in [0.05, 0.1) is 0 Å². The van der Waals surface area contributed by atoms with E-state index in [1.165, 1.54) is 70.6 Å². The van der Waals surface area contributed by atoms with Crippen LogP contribution in [0.4, 0.5) is 0 Å². The topological polar surface area (TPSA) is 17.1 Å². The van der Waals surface area contributed by atoms with Gasteiger partial charge in [-0.2, -0.15) is 0 Å². The van der Waals surface area contributed by atoms with E-state index < -0.39 is 0 Å². The highest BCUT2D eigenvalue weighted by atomic mass is 16.1. The zero-order valence-electron chi connectivity index (χ0n) is 16.7. The van der Waals surface area contributed by atoms with Gasteiger partial charge in [0, 0.05) is 12.3 Å². The zero-order valence-corrected chi connectivity index (χ0v) is 16.7. The van der Waals surface area contributed by atoms with E-state index in [4.69, 9.17) is 0 Å². The van der Waals surface area contributed by atoms with Gasteiger partial charge in [-0.05, 0) is 25.2 Å². The second kappa shape index (κ2) is 16.5. The Morgan fingerprint density at radius 3 is 1.52 bits per heavy atom. The SMILES string of the molecule is CCCCCCCCCCCCCCC(=O)C(CC)CC(C)C. The van der Waals surface area contributed by atoms with Crippen LogP contribution in [0.1, 0.15) is 124 Å². The molecule has 23 heavy (non-hydrogen) atoms. The molecule has 1 nitrogen and oxygen atoms in total. The predicted molar refractivity (Wildman–Crippen MR) is 104 cm³/mol. The van der Waals surface area contributed by atoms with Gasteiger partial charge < -0.3 is 0 Å². The Bertz CT molecular complexity index is 257. The van der Waals surface area contributed by atoms with Gasteiger partial charge in [-0.1, -0.05) is 98.3 Å². The van der Waals surface area contributed by atoms with Crippen molar-refractivity contribution < 1.29 is 4.79 Å². The molecule has 1 unspecified atom stereocenters. The molecule has 1 atom stereocenters. The minimum absolute atomic E-state index is 0.322. The van der Waals surface area contributed by atoms with Crippen LogP contribution in [0.5, 0.6) is 0 Å². The quantitative estimate of drug-likeness (QED) is 0.250. The van der Waals surface area contributed by atoms with Crippen molar-refractivity contribution in [3.63, 3.8) is 0 Å². The molecule has 0 rings (SSSR count). The van der Waals surface area contributed by atoms with E-state index in [9.17, 15) is 4.79 Å². The van der Waals surface area contributed by atoms with E-state index in [1.54, 1.807) is 0 Å². The number of carbonyl (C=O) groups is 1. The standard InChI is InChI=1S/C22H44O/c1-5-7-8-9-10-11-12-13-14-15-16-17-18-22(23)21(6-2)19-20(3)4/h20-21H,5-19H2,1-4H3. The maximum Gasteiger partial charge on any atom is 0.135 e. The number of ketones is 1. The van der Waals surface area contributed by atoms with Crippen LogP contribution in [0.25, 0.3) is 0 Å². The van der Waals surface area contributed by atoms with Gasteiger partial charge in [-0.15, -0.1) is 0 Å². The van der Waals surface area contributed by atoms with Crippen LogP contribution in [-0.4, -0.2) is 5.78 Å². The Balaban J connectivity index is 3.36. The Hall–Kier alpha value is -0.330. The molecule has 0 aromatic heterocycles. The zero-order chi connectivity index (χ0) is 17.3. The van der Waals surface area contributed by atoms with Gasteiger partial charge in [0.2, 0.25) is 0 Å². The second-order valence-corrected chi connectivity index (χ2v) is 7.84. The summed E-state index contributed by atoms with van der Waals surface area (Å²) in [4.78, 5) is 12.2. The van der Waals surface area contributed by atoms with Gasteiger partial charge in [-0.3, -0.25) is 4.79 Å². The first-order valence-corrected chi connectivity index (χ1v) is 10.6. The van der Waals surface area contributed by atoms with E-state index in [1.807, 2.05) is 0 Å². The molecule has 1 heteroatoms. The van der Waals surface area contributed by atoms with Gasteiger partial charge >= 0.3 is 0 Å². The van der Waals surface area contributed by atoms with E-state index in [0.717, 1.165) is 25.7 Å². The molecule has 0 radical (unpaired) electrons. The van der Waals surface area contributed by atoms with Crippen molar-refractivity contribution in [3.8, 4) is 0 Å². The molecule has 0 bridgehead atoms. The molecule has 0 aliphatic heterocycles. The summed E-state index contributed by atoms with van der Waals surface area (Å²) >= 11 is 0. The highest BCUT2D eigenvalue weighted by Gasteiger charge is 2.16. The Kier molecular flexibility index (Phi) is 16.3. The summed E-state index contributed by atoms with van der Waals surface area (Å²) in [5.41, 5.74) is 0. The summed E-state index contributed by atoms with van der Waals surface area (Å²) in [5, 5.41) is 0. The van der Waals surface area contributed by atoms with Crippen LogP contribution < -0.4 is 0 Å². The van der Waals surface area contributed by atoms with Crippen molar-refractivity contribution in [3.05, 3.63) is 0 Å². The first-order valence-electron chi connectivity index (χ1n) is 10.6. The molecule has 0 heterocycles. The Labute approximate surface area is 147 Å². The van der Waals surface area contributed by atoms with Gasteiger partial charge in [0.25, 0.3) is 0 Å². The van der Waals surface area contributed by atoms with Gasteiger partial charge in [0.15, 0.2) is 0 Å². The maximum absolute atomic E-state index is 12.2. The number of hydrogen-bond acceptors (Lipinski definition) is 1. The van der Waals surface area contributed by atoms with Crippen molar-refractivity contribution in [1.29, 1.82) is 0 Å². The lowest BCUT2D eigenvalue weighted by Gasteiger charge is -2.15. The minimum Gasteiger partial charge on any atom is -0.299 e. The third kappa shape index (κ3) is 15.0. The third-order valence-electron chi connectivity index (χ3n) is 4.98. The predicted octanol–water partition coefficient (Wildman–Crippen LogP) is 7.72. The number of hydrogen-bond donors (Lipinski definition) is 0. The molecule has 0 spiro atoms. The summed E-state index contributed by atoms with van der Waals surface area (Å²) < 4.78 is 0. The van der Waals surface area contributed by atoms with E-state index in [-0.39, 0.29) is 0 Å². The monoisotopic (exact) mass is 324 g/mol. The lowest BCUT2D eigenvalue weighted by atomic mass is 9.89. The smallest absolute Gasteiger partial charge is 0.135 e. The molecular formula is C22H44O. The largest absolute Gasteiger partial charge is 0.299 e. The van der Waals surface area contributed by atoms with Crippen LogP contribution in [0.15, 0.2) is 0 Å². The maximum atomic E-state index is 12.2. The van der Waals surface area contributed by atoms with Crippen LogP contribution >= 0.6 is 0 Å². The molecule has 0 fully saturated rings. The highest BCUT2D eigenvalue weighted by Crippen LogP contribution is 2.19. The van der Waals surface area contributed by atoms with E-state index >= 15 is 0 Å². The molecule has 0 saturated carbocycles. The van der Waals surface area contributed by atoms with Crippen molar-refractivity contribution in [2.45, 2.75) is 124 Å². The molecule has 0 amide bonds. The normalized spacial score (nSPS) is 12.7. The fourth-order valence-electron chi connectivity index (χ4n) is 3.44. The summed E-state index contributed by atoms with van der Waals surface area (Å²) in [5.74, 6) is 1.49. The van der Waals surface area contributed by atoms with Crippen LogP contribution in [0, 0.1) is 11.8 Å². The van der Waals surface area contributed by atoms with Crippen LogP contribution in [-0.2, 0) is 4.79 Å². The second-order valence-electron chi connectivity index (χ2n) is 7.84. The number of unbranched alkanes of at least 4 members (excludes halogenated alkanes) is 11. The first kappa shape index (κ1) is 22.7. The summed E-state index contributed by atoms with van der Waals surface area (Å²) in [6, 6.07) is 0. The van der Waals surface area contributed by atoms with E-state index in [2.05, 4.69) is 27.7 Å². The molecule has 0 aromatic rings. The fourth-order valence-corrected chi connectivity index (χ4v) is 3.44. The average Bonchev–Trinajstić information content (AvgIpc) is 2.53. The summed E-state index contributed by atoms with van der Waals surface area (Å²) in [7, 11) is 0. The number of rotatable bonds is 17. The summed E-state index contributed by atoms with van der Waals surface area (Å²) in [6.07, 6.45) is 19.3. The van der Waals surface area contributed by atoms with Gasteiger partial charge in [0.1, 0.15) is 5.78 Å². The van der Waals surface area contributed by atoms with Crippen molar-refractivity contribution in [1.82, 2.24) is 0 Å². The van der Waals surface area contributed by atoms with Gasteiger partial charge in [-0.25, -0.2) is 0 Å². The molecule has 0 aliphatic carbocycles. The average molecular weight is 325 g/mol. The highest BCUT2D eigenvalue weighted by molar-refractivity contribution is 5.80. The molecule has 0 aromatic carbocycles. The fraction of sp³-hybridized carbons (Fsp3) is 0.955. The van der Waals surface area contributed by atoms with Crippen LogP contribution in [0.3, 0.4) is 0 Å². The van der Waals surface area contributed by atoms with Crippen molar-refractivity contribution >= 4 is 5.78 Å². The van der Waals surface area contributed by atoms with E-state index in [0.29, 0.717) is 17.6 Å². The lowest BCUT2D eigenvalue weighted by molar-refractivity contribution is -0.123. The molecule has 138 valence electrons. The third-order valence-corrected chi connectivity index (χ3v) is 4.98. The summed E-state index contributed by atoms with van der Waals surface area (Å²) in [6.45, 7) is 8.88. The molecule has 0 aliphatic rings. The van der Waals surface area contributed by atoms with Crippen molar-refractivity contribution in [2.24, 2.45) is 11.8 Å². The van der Waals surface area contributed by atoms with Crippen molar-refractivity contribution in [2.75, 3.05) is 0 Å². The Morgan fingerprint density at radius 1 is 0.696 bits per heavy atom. The molecule has 0 N–H and O–H groups in total. The molecular weight excluding hydrogens is 280 g/mol. The van der Waals surface area contributed by atoms with Crippen LogP contribution in [0.2, 0.25) is 0 Å². The molecule has 0 saturated heterocycles. The minimum atomic E-state index is 0.322. The lowest BCUT2D eigenvalue weighted by Crippen LogP contribution is -2.15. The number of Topliss-reactive ketones (excluding diaryl/α,β-unsaturated/α-hetero) is 1.